The van der Waals surface area contributed by atoms with E-state index in [4.69, 9.17) is 10.5 Å². The second-order valence-electron chi connectivity index (χ2n) is 7.84. The fraction of sp³-hybridized carbons (Fsp3) is 0.455. The number of nitrogens with one attached hydrogen (secondary N) is 1. The standard InChI is InChI=1S/C22H28N6O3S/c1-4-7-27-19-16(10-14(20(23)29)11-18(19)32-15-6-8-31-12-15)24-22(27)25-21(30)17-9-13(3)26-28(17)5-2/h9-11,15H,4-8,12H2,1-3H3,(H2,23,29)(H,24,25,30). The molecular weight excluding hydrogens is 428 g/mol. The van der Waals surface area contributed by atoms with Gasteiger partial charge in [0.1, 0.15) is 5.69 Å². The van der Waals surface area contributed by atoms with Crippen LogP contribution in [-0.4, -0.2) is 49.6 Å². The van der Waals surface area contributed by atoms with Crippen LogP contribution in [0.2, 0.25) is 0 Å². The molecule has 9 nitrogen and oxygen atoms in total. The molecule has 1 unspecified atom stereocenters. The van der Waals surface area contributed by atoms with Crippen molar-refractivity contribution in [3.63, 3.8) is 0 Å². The number of aryl methyl sites for hydroxylation is 3. The molecule has 1 aromatic carbocycles. The average molecular weight is 457 g/mol. The summed E-state index contributed by atoms with van der Waals surface area (Å²) in [5.74, 6) is -0.331. The number of amides is 2. The highest BCUT2D eigenvalue weighted by molar-refractivity contribution is 8.00. The first-order chi connectivity index (χ1) is 15.4. The van der Waals surface area contributed by atoms with E-state index in [-0.39, 0.29) is 5.91 Å². The fourth-order valence-electron chi connectivity index (χ4n) is 3.92. The predicted octanol–water partition coefficient (Wildman–Crippen LogP) is 3.20. The van der Waals surface area contributed by atoms with Gasteiger partial charge in [-0.1, -0.05) is 6.92 Å². The molecule has 0 saturated carbocycles. The number of hydrogen-bond donors (Lipinski definition) is 2. The van der Waals surface area contributed by atoms with Crippen molar-refractivity contribution in [1.29, 1.82) is 0 Å². The second kappa shape index (κ2) is 9.33. The van der Waals surface area contributed by atoms with E-state index in [2.05, 4.69) is 22.3 Å². The van der Waals surface area contributed by atoms with Gasteiger partial charge in [-0.2, -0.15) is 5.10 Å². The molecule has 1 atom stereocenters. The molecule has 0 bridgehead atoms. The number of anilines is 1. The first-order valence-electron chi connectivity index (χ1n) is 10.9. The van der Waals surface area contributed by atoms with Gasteiger partial charge in [0, 0.05) is 35.4 Å². The molecule has 4 rings (SSSR count). The minimum absolute atomic E-state index is 0.270. The third-order valence-corrected chi connectivity index (χ3v) is 6.65. The Hall–Kier alpha value is -2.85. The van der Waals surface area contributed by atoms with E-state index in [1.165, 1.54) is 0 Å². The Labute approximate surface area is 190 Å². The molecule has 170 valence electrons. The van der Waals surface area contributed by atoms with E-state index in [0.29, 0.717) is 47.7 Å². The van der Waals surface area contributed by atoms with Crippen molar-refractivity contribution >= 4 is 40.6 Å². The van der Waals surface area contributed by atoms with Crippen LogP contribution < -0.4 is 11.1 Å². The number of nitrogens with two attached hydrogens (primary N) is 1. The zero-order chi connectivity index (χ0) is 22.8. The summed E-state index contributed by atoms with van der Waals surface area (Å²) in [7, 11) is 0. The lowest BCUT2D eigenvalue weighted by Gasteiger charge is -2.14. The van der Waals surface area contributed by atoms with Gasteiger partial charge in [0.15, 0.2) is 0 Å². The number of primary amides is 1. The van der Waals surface area contributed by atoms with Crippen molar-refractivity contribution in [1.82, 2.24) is 19.3 Å². The largest absolute Gasteiger partial charge is 0.380 e. The van der Waals surface area contributed by atoms with Crippen LogP contribution in [0.3, 0.4) is 0 Å². The number of aromatic nitrogens is 4. The molecule has 3 aromatic rings. The minimum atomic E-state index is -0.505. The van der Waals surface area contributed by atoms with Crippen molar-refractivity contribution in [2.45, 2.75) is 56.8 Å². The quantitative estimate of drug-likeness (QED) is 0.538. The van der Waals surface area contributed by atoms with E-state index in [1.807, 2.05) is 24.5 Å². The lowest BCUT2D eigenvalue weighted by atomic mass is 10.2. The molecule has 1 aliphatic rings. The Kier molecular flexibility index (Phi) is 6.52. The number of benzene rings is 1. The van der Waals surface area contributed by atoms with Gasteiger partial charge < -0.3 is 15.0 Å². The lowest BCUT2D eigenvalue weighted by Crippen LogP contribution is -2.20. The number of carbonyl (C=O) groups excluding carboxylic acids is 2. The normalized spacial score (nSPS) is 16.0. The van der Waals surface area contributed by atoms with Gasteiger partial charge in [0.25, 0.3) is 5.91 Å². The van der Waals surface area contributed by atoms with Crippen molar-refractivity contribution in [2.75, 3.05) is 18.5 Å². The van der Waals surface area contributed by atoms with Gasteiger partial charge in [-0.25, -0.2) is 4.98 Å². The van der Waals surface area contributed by atoms with Crippen LogP contribution in [-0.2, 0) is 17.8 Å². The van der Waals surface area contributed by atoms with E-state index < -0.39 is 5.91 Å². The SMILES string of the molecule is CCCn1c(NC(=O)c2cc(C)nn2CC)nc2cc(C(N)=O)cc(SC3CCOC3)c21. The number of nitrogens with zero attached hydrogens (tertiary/aromatic N) is 4. The fourth-order valence-corrected chi connectivity index (χ4v) is 5.18. The summed E-state index contributed by atoms with van der Waals surface area (Å²) in [6.45, 7) is 8.53. The monoisotopic (exact) mass is 456 g/mol. The van der Waals surface area contributed by atoms with Crippen LogP contribution in [0, 0.1) is 6.92 Å². The molecule has 10 heteroatoms. The van der Waals surface area contributed by atoms with Gasteiger partial charge in [-0.3, -0.25) is 19.6 Å². The van der Waals surface area contributed by atoms with E-state index in [9.17, 15) is 9.59 Å². The molecule has 1 fully saturated rings. The number of thioether (sulfide) groups is 1. The minimum Gasteiger partial charge on any atom is -0.380 e. The van der Waals surface area contributed by atoms with Gasteiger partial charge in [-0.15, -0.1) is 11.8 Å². The van der Waals surface area contributed by atoms with Crippen LogP contribution in [0.15, 0.2) is 23.1 Å². The molecule has 3 N–H and O–H groups in total. The third-order valence-electron chi connectivity index (χ3n) is 5.38. The van der Waals surface area contributed by atoms with Gasteiger partial charge in [0.2, 0.25) is 11.9 Å². The molecule has 2 amide bonds. The van der Waals surface area contributed by atoms with Gasteiger partial charge in [-0.05, 0) is 44.9 Å². The van der Waals surface area contributed by atoms with Crippen LogP contribution in [0.4, 0.5) is 5.95 Å². The summed E-state index contributed by atoms with van der Waals surface area (Å²) in [5.41, 5.74) is 8.78. The highest BCUT2D eigenvalue weighted by Gasteiger charge is 2.24. The Morgan fingerprint density at radius 2 is 2.12 bits per heavy atom. The first-order valence-corrected chi connectivity index (χ1v) is 11.7. The maximum Gasteiger partial charge on any atom is 0.276 e. The molecule has 2 aromatic heterocycles. The zero-order valence-corrected chi connectivity index (χ0v) is 19.4. The number of hydrogen-bond acceptors (Lipinski definition) is 6. The predicted molar refractivity (Wildman–Crippen MR) is 124 cm³/mol. The molecule has 0 radical (unpaired) electrons. The van der Waals surface area contributed by atoms with Gasteiger partial charge in [0.05, 0.1) is 23.3 Å². The molecule has 3 heterocycles. The summed E-state index contributed by atoms with van der Waals surface area (Å²) < 4.78 is 9.21. The van der Waals surface area contributed by atoms with Crippen LogP contribution in [0.1, 0.15) is 53.2 Å². The Balaban J connectivity index is 1.79. The Morgan fingerprint density at radius 1 is 1.31 bits per heavy atom. The van der Waals surface area contributed by atoms with Crippen LogP contribution >= 0.6 is 11.8 Å². The molecule has 32 heavy (non-hydrogen) atoms. The summed E-state index contributed by atoms with van der Waals surface area (Å²) in [5, 5.41) is 7.62. The maximum absolute atomic E-state index is 13.1. The van der Waals surface area contributed by atoms with E-state index in [1.54, 1.807) is 28.6 Å². The highest BCUT2D eigenvalue weighted by Crippen LogP contribution is 2.36. The third kappa shape index (κ3) is 4.37. The Morgan fingerprint density at radius 3 is 2.78 bits per heavy atom. The van der Waals surface area contributed by atoms with E-state index in [0.717, 1.165) is 35.6 Å². The maximum atomic E-state index is 13.1. The Bertz CT molecular complexity index is 1160. The summed E-state index contributed by atoms with van der Waals surface area (Å²) in [6, 6.07) is 5.27. The molecular formula is C22H28N6O3S. The van der Waals surface area contributed by atoms with Crippen LogP contribution in [0.25, 0.3) is 11.0 Å². The van der Waals surface area contributed by atoms with Crippen LogP contribution in [0.5, 0.6) is 0 Å². The number of ether oxygens (including phenoxy) is 1. The first kappa shape index (κ1) is 22.3. The topological polar surface area (TPSA) is 117 Å². The number of fused-ring (bicyclic) bond motifs is 1. The molecule has 0 spiro atoms. The van der Waals surface area contributed by atoms with Gasteiger partial charge >= 0.3 is 0 Å². The number of rotatable bonds is 8. The van der Waals surface area contributed by atoms with Crippen molar-refractivity contribution in [3.05, 3.63) is 35.2 Å². The number of imidazole rings is 1. The molecule has 0 aliphatic carbocycles. The summed E-state index contributed by atoms with van der Waals surface area (Å²) >= 11 is 1.67. The van der Waals surface area contributed by atoms with Crippen molar-refractivity contribution < 1.29 is 14.3 Å². The van der Waals surface area contributed by atoms with Crippen molar-refractivity contribution in [3.8, 4) is 0 Å². The smallest absolute Gasteiger partial charge is 0.276 e. The number of carbonyl (C=O) groups is 2. The van der Waals surface area contributed by atoms with Crippen molar-refractivity contribution in [2.24, 2.45) is 5.73 Å². The summed E-state index contributed by atoms with van der Waals surface area (Å²) in [6.07, 6.45) is 1.80. The zero-order valence-electron chi connectivity index (χ0n) is 18.6. The molecule has 1 aliphatic heterocycles. The highest BCUT2D eigenvalue weighted by atomic mass is 32.2. The second-order valence-corrected chi connectivity index (χ2v) is 9.18. The average Bonchev–Trinajstić information content (AvgIpc) is 3.47. The van der Waals surface area contributed by atoms with E-state index >= 15 is 0 Å². The lowest BCUT2D eigenvalue weighted by molar-refractivity contribution is 0.0995. The molecule has 1 saturated heterocycles. The summed E-state index contributed by atoms with van der Waals surface area (Å²) in [4.78, 5) is 30.6.